The van der Waals surface area contributed by atoms with Crippen molar-refractivity contribution in [2.75, 3.05) is 16.9 Å². The monoisotopic (exact) mass is 274 g/mol. The van der Waals surface area contributed by atoms with E-state index >= 15 is 0 Å². The van der Waals surface area contributed by atoms with E-state index in [1.165, 1.54) is 23.1 Å². The number of hydrogen-bond donors (Lipinski definition) is 1. The minimum absolute atomic E-state index is 0.375. The van der Waals surface area contributed by atoms with Gasteiger partial charge in [0.05, 0.1) is 17.1 Å². The smallest absolute Gasteiger partial charge is 0.263 e. The van der Waals surface area contributed by atoms with Gasteiger partial charge in [-0.1, -0.05) is 12.1 Å². The summed E-state index contributed by atoms with van der Waals surface area (Å²) in [4.78, 5) is 13.3. The molecule has 5 heteroatoms. The van der Waals surface area contributed by atoms with E-state index in [4.69, 9.17) is 0 Å². The number of rotatable bonds is 1. The molecule has 20 heavy (non-hydrogen) atoms. The molecule has 0 aromatic heterocycles. The first-order valence-corrected chi connectivity index (χ1v) is 6.21. The second-order valence-corrected chi connectivity index (χ2v) is 4.51. The largest absolute Gasteiger partial charge is 0.379 e. The van der Waals surface area contributed by atoms with Crippen molar-refractivity contribution in [1.82, 2.24) is 0 Å². The van der Waals surface area contributed by atoms with E-state index in [2.05, 4.69) is 5.32 Å². The standard InChI is InChI=1S/C15H12F2N2O/c16-8-15(20)19-13-6-5-11(17)7-10(13)9-18-12-3-1-2-4-14(12)19/h1-7,18H,8-9H2. The van der Waals surface area contributed by atoms with Gasteiger partial charge in [-0.15, -0.1) is 0 Å². The van der Waals surface area contributed by atoms with E-state index < -0.39 is 12.6 Å². The Labute approximate surface area is 114 Å². The van der Waals surface area contributed by atoms with Crippen molar-refractivity contribution in [3.05, 3.63) is 53.8 Å². The Hall–Kier alpha value is -2.43. The number of para-hydroxylation sites is 2. The second-order valence-electron chi connectivity index (χ2n) is 4.51. The van der Waals surface area contributed by atoms with E-state index in [0.717, 1.165) is 0 Å². The van der Waals surface area contributed by atoms with E-state index in [0.29, 0.717) is 29.2 Å². The predicted molar refractivity (Wildman–Crippen MR) is 73.3 cm³/mol. The number of alkyl halides is 1. The van der Waals surface area contributed by atoms with Gasteiger partial charge in [-0.3, -0.25) is 9.69 Å². The zero-order chi connectivity index (χ0) is 14.1. The van der Waals surface area contributed by atoms with Gasteiger partial charge in [0.1, 0.15) is 5.82 Å². The van der Waals surface area contributed by atoms with E-state index in [-0.39, 0.29) is 5.82 Å². The third kappa shape index (κ3) is 2.01. The molecule has 0 atom stereocenters. The fourth-order valence-corrected chi connectivity index (χ4v) is 2.38. The van der Waals surface area contributed by atoms with E-state index in [1.807, 2.05) is 6.07 Å². The third-order valence-electron chi connectivity index (χ3n) is 3.26. The van der Waals surface area contributed by atoms with E-state index in [9.17, 15) is 13.6 Å². The van der Waals surface area contributed by atoms with Gasteiger partial charge in [0.25, 0.3) is 5.91 Å². The van der Waals surface area contributed by atoms with Crippen LogP contribution in [0.5, 0.6) is 0 Å². The summed E-state index contributed by atoms with van der Waals surface area (Å²) in [5.41, 5.74) is 2.40. The summed E-state index contributed by atoms with van der Waals surface area (Å²) in [5.74, 6) is -1.06. The lowest BCUT2D eigenvalue weighted by Gasteiger charge is -2.23. The number of halogens is 2. The topological polar surface area (TPSA) is 32.3 Å². The fraction of sp³-hybridized carbons (Fsp3) is 0.133. The maximum Gasteiger partial charge on any atom is 0.263 e. The molecule has 0 radical (unpaired) electrons. The van der Waals surface area contributed by atoms with Crippen LogP contribution in [0, 0.1) is 5.82 Å². The van der Waals surface area contributed by atoms with Crippen molar-refractivity contribution < 1.29 is 13.6 Å². The van der Waals surface area contributed by atoms with Gasteiger partial charge < -0.3 is 5.32 Å². The summed E-state index contributed by atoms with van der Waals surface area (Å²) in [5, 5.41) is 3.13. The van der Waals surface area contributed by atoms with Crippen LogP contribution in [0.4, 0.5) is 25.8 Å². The summed E-state index contributed by atoms with van der Waals surface area (Å²) in [6, 6.07) is 11.2. The van der Waals surface area contributed by atoms with Gasteiger partial charge in [-0.2, -0.15) is 0 Å². The molecule has 0 unspecified atom stereocenters. The van der Waals surface area contributed by atoms with Crippen molar-refractivity contribution in [1.29, 1.82) is 0 Å². The van der Waals surface area contributed by atoms with Gasteiger partial charge in [0.2, 0.25) is 0 Å². The molecule has 1 amide bonds. The molecule has 1 aliphatic rings. The van der Waals surface area contributed by atoms with Crippen molar-refractivity contribution in [2.24, 2.45) is 0 Å². The molecule has 0 aliphatic carbocycles. The maximum absolute atomic E-state index is 13.4. The molecule has 0 bridgehead atoms. The Bertz CT molecular complexity index is 673. The molecule has 3 nitrogen and oxygen atoms in total. The SMILES string of the molecule is O=C(CF)N1c2ccc(F)cc2CNc2ccccc21. The minimum atomic E-state index is -1.11. The number of nitrogens with zero attached hydrogens (tertiary/aromatic N) is 1. The number of carbonyl (C=O) groups is 1. The average molecular weight is 274 g/mol. The molecular weight excluding hydrogens is 262 g/mol. The van der Waals surface area contributed by atoms with Crippen LogP contribution >= 0.6 is 0 Å². The van der Waals surface area contributed by atoms with Gasteiger partial charge >= 0.3 is 0 Å². The Balaban J connectivity index is 2.22. The van der Waals surface area contributed by atoms with Crippen LogP contribution in [0.1, 0.15) is 5.56 Å². The Morgan fingerprint density at radius 2 is 2.00 bits per heavy atom. The normalized spacial score (nSPS) is 13.0. The second kappa shape index (κ2) is 4.92. The fourth-order valence-electron chi connectivity index (χ4n) is 2.38. The van der Waals surface area contributed by atoms with Crippen LogP contribution in [0.3, 0.4) is 0 Å². The van der Waals surface area contributed by atoms with Gasteiger partial charge in [-0.25, -0.2) is 8.78 Å². The molecule has 0 spiro atoms. The van der Waals surface area contributed by atoms with Gasteiger partial charge in [0.15, 0.2) is 6.67 Å². The zero-order valence-corrected chi connectivity index (χ0v) is 10.6. The number of anilines is 3. The Morgan fingerprint density at radius 1 is 1.20 bits per heavy atom. The maximum atomic E-state index is 13.4. The van der Waals surface area contributed by atoms with Crippen LogP contribution < -0.4 is 10.2 Å². The van der Waals surface area contributed by atoms with Crippen LogP contribution in [0.15, 0.2) is 42.5 Å². The number of hydrogen-bond acceptors (Lipinski definition) is 2. The van der Waals surface area contributed by atoms with Crippen molar-refractivity contribution >= 4 is 23.0 Å². The highest BCUT2D eigenvalue weighted by molar-refractivity contribution is 6.05. The Morgan fingerprint density at radius 3 is 2.80 bits per heavy atom. The van der Waals surface area contributed by atoms with Crippen LogP contribution in [0.2, 0.25) is 0 Å². The molecule has 1 aliphatic heterocycles. The number of carbonyl (C=O) groups excluding carboxylic acids is 1. The summed E-state index contributed by atoms with van der Waals surface area (Å²) in [7, 11) is 0. The molecule has 0 saturated heterocycles. The predicted octanol–water partition coefficient (Wildman–Crippen LogP) is 3.39. The van der Waals surface area contributed by atoms with Crippen LogP contribution in [-0.2, 0) is 11.3 Å². The first-order chi connectivity index (χ1) is 9.70. The molecule has 102 valence electrons. The van der Waals surface area contributed by atoms with Crippen molar-refractivity contribution in [2.45, 2.75) is 6.54 Å². The summed E-state index contributed by atoms with van der Waals surface area (Å²) < 4.78 is 26.2. The number of nitrogens with one attached hydrogen (secondary N) is 1. The highest BCUT2D eigenvalue weighted by atomic mass is 19.1. The minimum Gasteiger partial charge on any atom is -0.379 e. The summed E-state index contributed by atoms with van der Waals surface area (Å²) in [6.45, 7) is -0.731. The van der Waals surface area contributed by atoms with Gasteiger partial charge in [-0.05, 0) is 35.9 Å². The highest BCUT2D eigenvalue weighted by Gasteiger charge is 2.25. The quantitative estimate of drug-likeness (QED) is 0.864. The zero-order valence-electron chi connectivity index (χ0n) is 10.6. The molecule has 3 rings (SSSR count). The Kier molecular flexibility index (Phi) is 3.10. The summed E-state index contributed by atoms with van der Waals surface area (Å²) >= 11 is 0. The van der Waals surface area contributed by atoms with E-state index in [1.54, 1.807) is 18.2 Å². The highest BCUT2D eigenvalue weighted by Crippen LogP contribution is 2.37. The molecule has 0 fully saturated rings. The summed E-state index contributed by atoms with van der Waals surface area (Å²) in [6.07, 6.45) is 0. The number of amides is 1. The third-order valence-corrected chi connectivity index (χ3v) is 3.26. The number of fused-ring (bicyclic) bond motifs is 2. The van der Waals surface area contributed by atoms with Crippen LogP contribution in [0.25, 0.3) is 0 Å². The molecular formula is C15H12F2N2O. The van der Waals surface area contributed by atoms with Gasteiger partial charge in [0, 0.05) is 6.54 Å². The van der Waals surface area contributed by atoms with Crippen LogP contribution in [-0.4, -0.2) is 12.6 Å². The lowest BCUT2D eigenvalue weighted by molar-refractivity contribution is -0.118. The first kappa shape index (κ1) is 12.6. The molecule has 1 heterocycles. The molecule has 2 aromatic rings. The lowest BCUT2D eigenvalue weighted by atomic mass is 10.1. The first-order valence-electron chi connectivity index (χ1n) is 6.21. The average Bonchev–Trinajstić information content (AvgIpc) is 2.63. The molecule has 1 N–H and O–H groups in total. The lowest BCUT2D eigenvalue weighted by Crippen LogP contribution is -2.27. The van der Waals surface area contributed by atoms with Crippen molar-refractivity contribution in [3.8, 4) is 0 Å². The van der Waals surface area contributed by atoms with Crippen molar-refractivity contribution in [3.63, 3.8) is 0 Å². The molecule has 2 aromatic carbocycles. The number of benzene rings is 2. The molecule has 0 saturated carbocycles.